The molecule has 0 bridgehead atoms. The van der Waals surface area contributed by atoms with E-state index in [4.69, 9.17) is 20.9 Å². The summed E-state index contributed by atoms with van der Waals surface area (Å²) in [7, 11) is 0. The van der Waals surface area contributed by atoms with Crippen molar-refractivity contribution >= 4 is 11.8 Å². The molecule has 36 heavy (non-hydrogen) atoms. The van der Waals surface area contributed by atoms with E-state index in [-0.39, 0.29) is 0 Å². The smallest absolute Gasteiger partial charge is 0.261 e. The van der Waals surface area contributed by atoms with Crippen LogP contribution < -0.4 is 20.9 Å². The van der Waals surface area contributed by atoms with Crippen molar-refractivity contribution in [3.05, 3.63) is 44.5 Å². The van der Waals surface area contributed by atoms with Gasteiger partial charge in [-0.05, 0) is 102 Å². The first-order valence-corrected chi connectivity index (χ1v) is 12.2. The molecule has 2 aromatic carbocycles. The highest BCUT2D eigenvalue weighted by Gasteiger charge is 2.40. The number of ether oxygens (including phenoxy) is 2. The molecule has 4 rings (SSSR count). The van der Waals surface area contributed by atoms with Gasteiger partial charge >= 0.3 is 0 Å². The lowest BCUT2D eigenvalue weighted by Gasteiger charge is -2.35. The molecule has 8 heteroatoms. The average molecular weight is 499 g/mol. The highest BCUT2D eigenvalue weighted by atomic mass is 16.5. The van der Waals surface area contributed by atoms with Gasteiger partial charge in [-0.3, -0.25) is 9.59 Å². The minimum absolute atomic E-state index is 0.317. The maximum Gasteiger partial charge on any atom is 0.261 e. The molecule has 2 amide bonds. The summed E-state index contributed by atoms with van der Waals surface area (Å²) in [6.45, 7) is 14.6. The normalized spacial score (nSPS) is 22.2. The standard InChI is InChI=1S/2C14H19NO3/c2*1-7-8(2)12-10(9(3)11(7)16)5-6-14(4,18-12)13(15)17/h2*16H,5-6H2,1-4H3,(H2,15,17)/t2*14-/m11/s1. The lowest BCUT2D eigenvalue weighted by molar-refractivity contribution is -0.133. The first-order chi connectivity index (χ1) is 16.6. The first kappa shape index (κ1) is 27.2. The van der Waals surface area contributed by atoms with Gasteiger partial charge in [0.15, 0.2) is 11.2 Å². The zero-order valence-corrected chi connectivity index (χ0v) is 22.5. The summed E-state index contributed by atoms with van der Waals surface area (Å²) in [6, 6.07) is 0. The predicted molar refractivity (Wildman–Crippen MR) is 138 cm³/mol. The Hall–Kier alpha value is -3.42. The summed E-state index contributed by atoms with van der Waals surface area (Å²) in [5, 5.41) is 20.1. The fourth-order valence-electron chi connectivity index (χ4n) is 4.84. The molecule has 0 radical (unpaired) electrons. The average Bonchev–Trinajstić information content (AvgIpc) is 2.83. The Kier molecular flexibility index (Phi) is 6.96. The van der Waals surface area contributed by atoms with Crippen molar-refractivity contribution < 1.29 is 29.3 Å². The van der Waals surface area contributed by atoms with Gasteiger partial charge in [-0.25, -0.2) is 0 Å². The van der Waals surface area contributed by atoms with E-state index in [2.05, 4.69) is 0 Å². The van der Waals surface area contributed by atoms with Gasteiger partial charge in [0.1, 0.15) is 23.0 Å². The van der Waals surface area contributed by atoms with Gasteiger partial charge in [0.05, 0.1) is 0 Å². The van der Waals surface area contributed by atoms with Crippen LogP contribution in [0.4, 0.5) is 0 Å². The number of hydrogen-bond acceptors (Lipinski definition) is 6. The molecule has 2 aliphatic heterocycles. The molecule has 0 saturated carbocycles. The maximum atomic E-state index is 11.5. The number of rotatable bonds is 2. The third-order valence-corrected chi connectivity index (χ3v) is 8.08. The molecule has 0 saturated heterocycles. The van der Waals surface area contributed by atoms with Gasteiger partial charge in [0, 0.05) is 24.0 Å². The number of phenolic OH excluding ortho intramolecular Hbond substituents is 2. The van der Waals surface area contributed by atoms with Crippen LogP contribution >= 0.6 is 0 Å². The van der Waals surface area contributed by atoms with Crippen LogP contribution in [0, 0.1) is 41.5 Å². The number of hydrogen-bond donors (Lipinski definition) is 4. The van der Waals surface area contributed by atoms with E-state index in [9.17, 15) is 19.8 Å². The maximum absolute atomic E-state index is 11.5. The molecule has 0 unspecified atom stereocenters. The van der Waals surface area contributed by atoms with E-state index >= 15 is 0 Å². The lowest BCUT2D eigenvalue weighted by atomic mass is 9.87. The van der Waals surface area contributed by atoms with Gasteiger partial charge in [-0.1, -0.05) is 0 Å². The summed E-state index contributed by atoms with van der Waals surface area (Å²) in [5.41, 5.74) is 15.9. The van der Waals surface area contributed by atoms with Crippen molar-refractivity contribution in [3.63, 3.8) is 0 Å². The van der Waals surface area contributed by atoms with Crippen molar-refractivity contribution in [1.29, 1.82) is 0 Å². The van der Waals surface area contributed by atoms with Crippen LogP contribution in [0.25, 0.3) is 0 Å². The van der Waals surface area contributed by atoms with Crippen LogP contribution in [-0.4, -0.2) is 33.2 Å². The third-order valence-electron chi connectivity index (χ3n) is 8.08. The number of nitrogens with two attached hydrogens (primary N) is 2. The zero-order chi connectivity index (χ0) is 27.3. The van der Waals surface area contributed by atoms with Gasteiger partial charge in [-0.15, -0.1) is 0 Å². The number of phenols is 2. The van der Waals surface area contributed by atoms with Crippen LogP contribution in [0.15, 0.2) is 0 Å². The van der Waals surface area contributed by atoms with Crippen molar-refractivity contribution in [2.45, 2.75) is 92.3 Å². The van der Waals surface area contributed by atoms with Gasteiger partial charge in [0.2, 0.25) is 0 Å². The van der Waals surface area contributed by atoms with Crippen molar-refractivity contribution in [2.75, 3.05) is 0 Å². The molecule has 0 aromatic heterocycles. The number of amides is 2. The van der Waals surface area contributed by atoms with E-state index in [1.807, 2.05) is 41.5 Å². The highest BCUT2D eigenvalue weighted by molar-refractivity contribution is 5.84. The van der Waals surface area contributed by atoms with Gasteiger partial charge in [-0.2, -0.15) is 0 Å². The molecule has 196 valence electrons. The fraction of sp³-hybridized carbons (Fsp3) is 0.500. The van der Waals surface area contributed by atoms with E-state index in [0.29, 0.717) is 48.7 Å². The minimum atomic E-state index is -0.951. The number of primary amides is 2. The number of fused-ring (bicyclic) bond motifs is 2. The number of carbonyl (C=O) groups excluding carboxylic acids is 2. The number of carbonyl (C=O) groups is 2. The van der Waals surface area contributed by atoms with Gasteiger partial charge in [0.25, 0.3) is 11.8 Å². The van der Waals surface area contributed by atoms with E-state index in [1.165, 1.54) is 0 Å². The monoisotopic (exact) mass is 498 g/mol. The first-order valence-electron chi connectivity index (χ1n) is 12.2. The molecular weight excluding hydrogens is 460 g/mol. The molecule has 6 N–H and O–H groups in total. The third kappa shape index (κ3) is 4.33. The Morgan fingerprint density at radius 2 is 0.944 bits per heavy atom. The van der Waals surface area contributed by atoms with Crippen LogP contribution in [0.1, 0.15) is 71.2 Å². The molecule has 2 aliphatic rings. The Labute approximate surface area is 212 Å². The molecule has 8 nitrogen and oxygen atoms in total. The van der Waals surface area contributed by atoms with Crippen molar-refractivity contribution in [2.24, 2.45) is 11.5 Å². The van der Waals surface area contributed by atoms with Crippen LogP contribution in [0.5, 0.6) is 23.0 Å². The second-order valence-corrected chi connectivity index (χ2v) is 10.5. The van der Waals surface area contributed by atoms with E-state index in [0.717, 1.165) is 44.5 Å². The molecule has 0 fully saturated rings. The summed E-state index contributed by atoms with van der Waals surface area (Å²) in [6.07, 6.45) is 2.46. The van der Waals surface area contributed by atoms with E-state index in [1.54, 1.807) is 13.8 Å². The lowest BCUT2D eigenvalue weighted by Crippen LogP contribution is -2.48. The molecule has 0 aliphatic carbocycles. The van der Waals surface area contributed by atoms with Crippen molar-refractivity contribution in [1.82, 2.24) is 0 Å². The molecule has 2 aromatic rings. The van der Waals surface area contributed by atoms with Crippen LogP contribution in [-0.2, 0) is 22.4 Å². The Balaban J connectivity index is 0.000000201. The summed E-state index contributed by atoms with van der Waals surface area (Å²) >= 11 is 0. The number of benzene rings is 2. The Bertz CT molecular complexity index is 1170. The van der Waals surface area contributed by atoms with Crippen LogP contribution in [0.3, 0.4) is 0 Å². The summed E-state index contributed by atoms with van der Waals surface area (Å²) < 4.78 is 11.7. The quantitative estimate of drug-likeness (QED) is 0.496. The Morgan fingerprint density at radius 3 is 1.22 bits per heavy atom. The zero-order valence-electron chi connectivity index (χ0n) is 22.5. The molecule has 2 heterocycles. The number of aromatic hydroxyl groups is 2. The molecular formula is C28H38N2O6. The van der Waals surface area contributed by atoms with Crippen LogP contribution in [0.2, 0.25) is 0 Å². The van der Waals surface area contributed by atoms with Crippen molar-refractivity contribution in [3.8, 4) is 23.0 Å². The second-order valence-electron chi connectivity index (χ2n) is 10.5. The van der Waals surface area contributed by atoms with Gasteiger partial charge < -0.3 is 31.2 Å². The fourth-order valence-corrected chi connectivity index (χ4v) is 4.84. The molecule has 0 spiro atoms. The highest BCUT2D eigenvalue weighted by Crippen LogP contribution is 2.44. The summed E-state index contributed by atoms with van der Waals surface area (Å²) in [5.74, 6) is 1.15. The molecule has 2 atom stereocenters. The second kappa shape index (κ2) is 9.22. The summed E-state index contributed by atoms with van der Waals surface area (Å²) in [4.78, 5) is 23.0. The minimum Gasteiger partial charge on any atom is -0.507 e. The topological polar surface area (TPSA) is 145 Å². The Morgan fingerprint density at radius 1 is 0.639 bits per heavy atom. The predicted octanol–water partition coefficient (Wildman–Crippen LogP) is 3.77. The SMILES string of the molecule is Cc1c(C)c2c(c(C)c1O)CC[C@](C)(C(N)=O)O2.Cc1c(C)c2c(c(C)c1O)CC[C@](C)(C(N)=O)O2. The van der Waals surface area contributed by atoms with E-state index < -0.39 is 23.0 Å². The largest absolute Gasteiger partial charge is 0.507 e.